The number of urea groups is 1. The highest BCUT2D eigenvalue weighted by Gasteiger charge is 2.10. The van der Waals surface area contributed by atoms with Gasteiger partial charge in [0.2, 0.25) is 0 Å². The maximum Gasteiger partial charge on any atom is 0.319 e. The number of ether oxygens (including phenoxy) is 1. The van der Waals surface area contributed by atoms with E-state index in [1.807, 2.05) is 19.1 Å². The molecule has 2 rings (SSSR count). The van der Waals surface area contributed by atoms with E-state index in [1.54, 1.807) is 24.3 Å². The number of carbonyl (C=O) groups is 1. The van der Waals surface area contributed by atoms with Gasteiger partial charge in [-0.05, 0) is 36.2 Å². The van der Waals surface area contributed by atoms with Crippen LogP contribution in [0.2, 0.25) is 10.0 Å². The van der Waals surface area contributed by atoms with Crippen LogP contribution in [-0.2, 0) is 6.54 Å². The average molecular weight is 339 g/mol. The van der Waals surface area contributed by atoms with Crippen molar-refractivity contribution in [3.8, 4) is 5.75 Å². The Morgan fingerprint density at radius 1 is 1.23 bits per heavy atom. The molecule has 0 aliphatic heterocycles. The zero-order valence-electron chi connectivity index (χ0n) is 12.2. The third kappa shape index (κ3) is 4.29. The number of methoxy groups -OCH3 is 1. The molecule has 2 N–H and O–H groups in total. The molecule has 0 saturated carbocycles. The van der Waals surface area contributed by atoms with Gasteiger partial charge < -0.3 is 15.4 Å². The highest BCUT2D eigenvalue weighted by molar-refractivity contribution is 6.31. The second-order valence-electron chi connectivity index (χ2n) is 4.74. The van der Waals surface area contributed by atoms with E-state index >= 15 is 0 Å². The third-order valence-corrected chi connectivity index (χ3v) is 3.71. The molecule has 0 bridgehead atoms. The Morgan fingerprint density at radius 3 is 2.68 bits per heavy atom. The Bertz CT molecular complexity index is 690. The first-order chi connectivity index (χ1) is 10.5. The SMILES string of the molecule is COc1cc(Cl)c(C)cc1NC(=O)NCc1cccc(Cl)c1. The Kier molecular flexibility index (Phi) is 5.52. The number of benzene rings is 2. The zero-order valence-corrected chi connectivity index (χ0v) is 13.8. The Labute approximate surface area is 139 Å². The van der Waals surface area contributed by atoms with Crippen molar-refractivity contribution >= 4 is 34.9 Å². The van der Waals surface area contributed by atoms with Crippen LogP contribution in [0.5, 0.6) is 5.75 Å². The molecular weight excluding hydrogens is 323 g/mol. The summed E-state index contributed by atoms with van der Waals surface area (Å²) in [5.74, 6) is 0.508. The van der Waals surface area contributed by atoms with Crippen LogP contribution < -0.4 is 15.4 Å². The summed E-state index contributed by atoms with van der Waals surface area (Å²) >= 11 is 11.9. The van der Waals surface area contributed by atoms with Crippen molar-refractivity contribution in [2.75, 3.05) is 12.4 Å². The molecule has 4 nitrogen and oxygen atoms in total. The smallest absolute Gasteiger partial charge is 0.319 e. The molecular formula is C16H16Cl2N2O2. The van der Waals surface area contributed by atoms with E-state index in [4.69, 9.17) is 27.9 Å². The number of halogens is 2. The molecule has 116 valence electrons. The summed E-state index contributed by atoms with van der Waals surface area (Å²) < 4.78 is 5.22. The highest BCUT2D eigenvalue weighted by Crippen LogP contribution is 2.30. The molecule has 2 aromatic carbocycles. The summed E-state index contributed by atoms with van der Waals surface area (Å²) in [5, 5.41) is 6.73. The normalized spacial score (nSPS) is 10.2. The van der Waals surface area contributed by atoms with Gasteiger partial charge in [0.05, 0.1) is 12.8 Å². The molecule has 2 aromatic rings. The predicted octanol–water partition coefficient (Wildman–Crippen LogP) is 4.63. The number of amides is 2. The molecule has 0 aliphatic carbocycles. The first-order valence-corrected chi connectivity index (χ1v) is 7.38. The summed E-state index contributed by atoms with van der Waals surface area (Å²) in [6.45, 7) is 2.23. The lowest BCUT2D eigenvalue weighted by Crippen LogP contribution is -2.28. The van der Waals surface area contributed by atoms with Crippen molar-refractivity contribution in [2.24, 2.45) is 0 Å². The number of hydrogen-bond acceptors (Lipinski definition) is 2. The first kappa shape index (κ1) is 16.5. The Morgan fingerprint density at radius 2 is 2.00 bits per heavy atom. The summed E-state index contributed by atoms with van der Waals surface area (Å²) in [5.41, 5.74) is 2.34. The largest absolute Gasteiger partial charge is 0.495 e. The molecule has 0 fully saturated rings. The topological polar surface area (TPSA) is 50.4 Å². The van der Waals surface area contributed by atoms with E-state index in [-0.39, 0.29) is 6.03 Å². The van der Waals surface area contributed by atoms with Gasteiger partial charge in [0.1, 0.15) is 5.75 Å². The predicted molar refractivity (Wildman–Crippen MR) is 90.1 cm³/mol. The average Bonchev–Trinajstić information content (AvgIpc) is 2.49. The van der Waals surface area contributed by atoms with Crippen LogP contribution >= 0.6 is 23.2 Å². The van der Waals surface area contributed by atoms with Crippen molar-refractivity contribution in [3.05, 3.63) is 57.6 Å². The summed E-state index contributed by atoms with van der Waals surface area (Å²) in [4.78, 5) is 12.0. The van der Waals surface area contributed by atoms with E-state index < -0.39 is 0 Å². The van der Waals surface area contributed by atoms with E-state index in [9.17, 15) is 4.79 Å². The molecule has 0 atom stereocenters. The Hall–Kier alpha value is -1.91. The number of rotatable bonds is 4. The number of anilines is 1. The van der Waals surface area contributed by atoms with E-state index in [0.29, 0.717) is 28.0 Å². The number of aryl methyl sites for hydroxylation is 1. The van der Waals surface area contributed by atoms with Gasteiger partial charge in [0.15, 0.2) is 0 Å². The molecule has 0 heterocycles. The standard InChI is InChI=1S/C16H16Cl2N2O2/c1-10-6-14(15(22-2)8-13(10)18)20-16(21)19-9-11-4-3-5-12(17)7-11/h3-8H,9H2,1-2H3,(H2,19,20,21). The number of nitrogens with one attached hydrogen (secondary N) is 2. The van der Waals surface area contributed by atoms with Gasteiger partial charge in [-0.15, -0.1) is 0 Å². The molecule has 0 unspecified atom stereocenters. The molecule has 0 saturated heterocycles. The van der Waals surface area contributed by atoms with Crippen molar-refractivity contribution in [1.29, 1.82) is 0 Å². The number of hydrogen-bond donors (Lipinski definition) is 2. The van der Waals surface area contributed by atoms with Gasteiger partial charge >= 0.3 is 6.03 Å². The Balaban J connectivity index is 2.01. The van der Waals surface area contributed by atoms with Gasteiger partial charge in [-0.1, -0.05) is 35.3 Å². The van der Waals surface area contributed by atoms with Crippen molar-refractivity contribution in [2.45, 2.75) is 13.5 Å². The first-order valence-electron chi connectivity index (χ1n) is 6.63. The fraction of sp³-hybridized carbons (Fsp3) is 0.188. The summed E-state index contributed by atoms with van der Waals surface area (Å²) in [7, 11) is 1.52. The lowest BCUT2D eigenvalue weighted by Gasteiger charge is -2.13. The van der Waals surface area contributed by atoms with Crippen molar-refractivity contribution < 1.29 is 9.53 Å². The van der Waals surface area contributed by atoms with Gasteiger partial charge in [-0.3, -0.25) is 0 Å². The second-order valence-corrected chi connectivity index (χ2v) is 5.58. The van der Waals surface area contributed by atoms with Gasteiger partial charge in [0, 0.05) is 22.7 Å². The van der Waals surface area contributed by atoms with Crippen LogP contribution in [-0.4, -0.2) is 13.1 Å². The van der Waals surface area contributed by atoms with Gasteiger partial charge in [-0.25, -0.2) is 4.79 Å². The molecule has 6 heteroatoms. The molecule has 2 amide bonds. The van der Waals surface area contributed by atoms with Gasteiger partial charge in [-0.2, -0.15) is 0 Å². The van der Waals surface area contributed by atoms with Crippen molar-refractivity contribution in [1.82, 2.24) is 5.32 Å². The minimum atomic E-state index is -0.333. The van der Waals surface area contributed by atoms with Crippen LogP contribution in [0.1, 0.15) is 11.1 Å². The zero-order chi connectivity index (χ0) is 16.1. The van der Waals surface area contributed by atoms with Crippen LogP contribution in [0.3, 0.4) is 0 Å². The maximum atomic E-state index is 12.0. The second kappa shape index (κ2) is 7.38. The minimum absolute atomic E-state index is 0.333. The quantitative estimate of drug-likeness (QED) is 0.853. The summed E-state index contributed by atoms with van der Waals surface area (Å²) in [6, 6.07) is 10.4. The van der Waals surface area contributed by atoms with Crippen LogP contribution in [0.25, 0.3) is 0 Å². The lowest BCUT2D eigenvalue weighted by atomic mass is 10.2. The summed E-state index contributed by atoms with van der Waals surface area (Å²) in [6.07, 6.45) is 0. The van der Waals surface area contributed by atoms with Crippen LogP contribution in [0, 0.1) is 6.92 Å². The van der Waals surface area contributed by atoms with Crippen LogP contribution in [0.15, 0.2) is 36.4 Å². The van der Waals surface area contributed by atoms with E-state index in [0.717, 1.165) is 11.1 Å². The number of carbonyl (C=O) groups excluding carboxylic acids is 1. The van der Waals surface area contributed by atoms with Crippen LogP contribution in [0.4, 0.5) is 10.5 Å². The lowest BCUT2D eigenvalue weighted by molar-refractivity contribution is 0.251. The molecule has 0 aromatic heterocycles. The van der Waals surface area contributed by atoms with E-state index in [2.05, 4.69) is 10.6 Å². The fourth-order valence-corrected chi connectivity index (χ4v) is 2.29. The third-order valence-electron chi connectivity index (χ3n) is 3.07. The maximum absolute atomic E-state index is 12.0. The van der Waals surface area contributed by atoms with Crippen molar-refractivity contribution in [3.63, 3.8) is 0 Å². The van der Waals surface area contributed by atoms with Gasteiger partial charge in [0.25, 0.3) is 0 Å². The molecule has 22 heavy (non-hydrogen) atoms. The minimum Gasteiger partial charge on any atom is -0.495 e. The molecule has 0 radical (unpaired) electrons. The molecule has 0 spiro atoms. The monoisotopic (exact) mass is 338 g/mol. The molecule has 0 aliphatic rings. The highest BCUT2D eigenvalue weighted by atomic mass is 35.5. The van der Waals surface area contributed by atoms with E-state index in [1.165, 1.54) is 7.11 Å². The fourth-order valence-electron chi connectivity index (χ4n) is 1.93.